The number of hydrogen-bond donors (Lipinski definition) is 3. The molecule has 1 atom stereocenters. The van der Waals surface area contributed by atoms with Crippen LogP contribution in [0.15, 0.2) is 28.7 Å². The van der Waals surface area contributed by atoms with Crippen LogP contribution < -0.4 is 16.0 Å². The van der Waals surface area contributed by atoms with E-state index in [0.29, 0.717) is 19.8 Å². The lowest BCUT2D eigenvalue weighted by molar-refractivity contribution is -0.115. The highest BCUT2D eigenvalue weighted by Crippen LogP contribution is 2.23. The van der Waals surface area contributed by atoms with Crippen LogP contribution in [0, 0.1) is 27.7 Å². The van der Waals surface area contributed by atoms with Crippen molar-refractivity contribution in [2.24, 2.45) is 0 Å². The fourth-order valence-corrected chi connectivity index (χ4v) is 3.90. The maximum atomic E-state index is 12.3. The van der Waals surface area contributed by atoms with E-state index < -0.39 is 6.03 Å². The Labute approximate surface area is 183 Å². The molecule has 8 nitrogen and oxygen atoms in total. The highest BCUT2D eigenvalue weighted by Gasteiger charge is 2.25. The van der Waals surface area contributed by atoms with Crippen molar-refractivity contribution in [3.05, 3.63) is 52.5 Å². The summed E-state index contributed by atoms with van der Waals surface area (Å²) in [6.45, 7) is 10.9. The predicted molar refractivity (Wildman–Crippen MR) is 119 cm³/mol. The number of carbonyl (C=O) groups is 2. The van der Waals surface area contributed by atoms with Crippen molar-refractivity contribution in [1.29, 1.82) is 0 Å². The van der Waals surface area contributed by atoms with E-state index in [1.54, 1.807) is 0 Å². The van der Waals surface area contributed by atoms with Crippen LogP contribution in [0.1, 0.15) is 34.3 Å². The molecule has 0 radical (unpaired) electrons. The Morgan fingerprint density at radius 3 is 2.32 bits per heavy atom. The van der Waals surface area contributed by atoms with E-state index in [-0.39, 0.29) is 18.5 Å². The maximum absolute atomic E-state index is 12.3. The zero-order valence-electron chi connectivity index (χ0n) is 18.7. The Morgan fingerprint density at radius 1 is 1.03 bits per heavy atom. The molecule has 31 heavy (non-hydrogen) atoms. The molecule has 2 heterocycles. The SMILES string of the molecule is Cc1cc(C)c(NC(=O)CNC(=O)NCC(c2ccc(C)o2)N2CCOCC2)c(C)c1. The van der Waals surface area contributed by atoms with Gasteiger partial charge in [0.1, 0.15) is 11.5 Å². The average Bonchev–Trinajstić information content (AvgIpc) is 3.16. The van der Waals surface area contributed by atoms with E-state index in [2.05, 4.69) is 20.9 Å². The van der Waals surface area contributed by atoms with Crippen LogP contribution in [0.3, 0.4) is 0 Å². The molecule has 1 unspecified atom stereocenters. The maximum Gasteiger partial charge on any atom is 0.315 e. The largest absolute Gasteiger partial charge is 0.465 e. The minimum Gasteiger partial charge on any atom is -0.465 e. The number of rotatable bonds is 7. The fraction of sp³-hybridized carbons (Fsp3) is 0.478. The van der Waals surface area contributed by atoms with Crippen molar-refractivity contribution in [2.75, 3.05) is 44.7 Å². The van der Waals surface area contributed by atoms with Gasteiger partial charge in [-0.05, 0) is 51.0 Å². The third-order valence-electron chi connectivity index (χ3n) is 5.38. The number of nitrogens with one attached hydrogen (secondary N) is 3. The lowest BCUT2D eigenvalue weighted by Gasteiger charge is -2.33. The highest BCUT2D eigenvalue weighted by molar-refractivity contribution is 5.95. The molecule has 1 aliphatic rings. The number of furan rings is 1. The number of carbonyl (C=O) groups excluding carboxylic acids is 2. The van der Waals surface area contributed by atoms with E-state index in [0.717, 1.165) is 47.0 Å². The van der Waals surface area contributed by atoms with Gasteiger partial charge in [-0.3, -0.25) is 9.69 Å². The molecule has 1 aromatic carbocycles. The lowest BCUT2D eigenvalue weighted by Crippen LogP contribution is -2.46. The van der Waals surface area contributed by atoms with Crippen LogP contribution in [0.5, 0.6) is 0 Å². The molecule has 0 aliphatic carbocycles. The van der Waals surface area contributed by atoms with Crippen LogP contribution in [0.25, 0.3) is 0 Å². The smallest absolute Gasteiger partial charge is 0.315 e. The summed E-state index contributed by atoms with van der Waals surface area (Å²) in [5.74, 6) is 1.37. The number of aryl methyl sites for hydroxylation is 4. The van der Waals surface area contributed by atoms with Crippen molar-refractivity contribution < 1.29 is 18.7 Å². The summed E-state index contributed by atoms with van der Waals surface area (Å²) in [6, 6.07) is 7.41. The molecule has 168 valence electrons. The van der Waals surface area contributed by atoms with Crippen LogP contribution in [-0.2, 0) is 9.53 Å². The summed E-state index contributed by atoms with van der Waals surface area (Å²) in [5, 5.41) is 8.38. The van der Waals surface area contributed by atoms with E-state index >= 15 is 0 Å². The van der Waals surface area contributed by atoms with Gasteiger partial charge in [0.15, 0.2) is 0 Å². The average molecular weight is 429 g/mol. The minimum absolute atomic E-state index is 0.0879. The molecule has 3 rings (SSSR count). The zero-order valence-corrected chi connectivity index (χ0v) is 18.7. The van der Waals surface area contributed by atoms with Crippen molar-refractivity contribution in [1.82, 2.24) is 15.5 Å². The van der Waals surface area contributed by atoms with E-state index in [1.807, 2.05) is 52.0 Å². The summed E-state index contributed by atoms with van der Waals surface area (Å²) in [5.41, 5.74) is 3.93. The normalized spacial score (nSPS) is 15.4. The summed E-state index contributed by atoms with van der Waals surface area (Å²) >= 11 is 0. The van der Waals surface area contributed by atoms with Crippen LogP contribution >= 0.6 is 0 Å². The standard InChI is InChI=1S/C23H32N4O4/c1-15-11-16(2)22(17(3)12-15)26-21(28)14-25-23(29)24-13-19(20-6-5-18(4)31-20)27-7-9-30-10-8-27/h5-6,11-12,19H,7-10,13-14H2,1-4H3,(H,26,28)(H2,24,25,29). The minimum atomic E-state index is -0.394. The molecule has 3 amide bonds. The van der Waals surface area contributed by atoms with Crippen LogP contribution in [-0.4, -0.2) is 56.2 Å². The second-order valence-electron chi connectivity index (χ2n) is 8.00. The third-order valence-corrected chi connectivity index (χ3v) is 5.38. The second kappa shape index (κ2) is 10.5. The lowest BCUT2D eigenvalue weighted by atomic mass is 10.1. The first-order chi connectivity index (χ1) is 14.8. The summed E-state index contributed by atoms with van der Waals surface area (Å²) < 4.78 is 11.2. The summed E-state index contributed by atoms with van der Waals surface area (Å²) in [7, 11) is 0. The molecule has 0 bridgehead atoms. The van der Waals surface area contributed by atoms with E-state index in [9.17, 15) is 9.59 Å². The van der Waals surface area contributed by atoms with Crippen molar-refractivity contribution >= 4 is 17.6 Å². The van der Waals surface area contributed by atoms with Crippen LogP contribution in [0.4, 0.5) is 10.5 Å². The molecular formula is C23H32N4O4. The van der Waals surface area contributed by atoms with Crippen molar-refractivity contribution in [3.8, 4) is 0 Å². The van der Waals surface area contributed by atoms with Gasteiger partial charge in [0.2, 0.25) is 5.91 Å². The molecule has 0 spiro atoms. The Morgan fingerprint density at radius 2 is 1.71 bits per heavy atom. The Kier molecular flexibility index (Phi) is 7.70. The zero-order chi connectivity index (χ0) is 22.4. The number of anilines is 1. The molecule has 0 saturated carbocycles. The quantitative estimate of drug-likeness (QED) is 0.630. The first-order valence-electron chi connectivity index (χ1n) is 10.6. The van der Waals surface area contributed by atoms with Gasteiger partial charge in [0, 0.05) is 25.3 Å². The highest BCUT2D eigenvalue weighted by atomic mass is 16.5. The van der Waals surface area contributed by atoms with Gasteiger partial charge in [0.25, 0.3) is 0 Å². The molecule has 8 heteroatoms. The molecule has 1 saturated heterocycles. The number of benzene rings is 1. The molecule has 3 N–H and O–H groups in total. The summed E-state index contributed by atoms with van der Waals surface area (Å²) in [6.07, 6.45) is 0. The number of morpholine rings is 1. The van der Waals surface area contributed by atoms with Gasteiger partial charge in [-0.2, -0.15) is 0 Å². The van der Waals surface area contributed by atoms with Gasteiger partial charge in [-0.25, -0.2) is 4.79 Å². The Balaban J connectivity index is 1.51. The monoisotopic (exact) mass is 428 g/mol. The number of amides is 3. The second-order valence-corrected chi connectivity index (χ2v) is 8.00. The van der Waals surface area contributed by atoms with Gasteiger partial charge in [0.05, 0.1) is 25.8 Å². The number of ether oxygens (including phenoxy) is 1. The van der Waals surface area contributed by atoms with Crippen LogP contribution in [0.2, 0.25) is 0 Å². The number of nitrogens with zero attached hydrogens (tertiary/aromatic N) is 1. The topological polar surface area (TPSA) is 95.8 Å². The third kappa shape index (κ3) is 6.32. The van der Waals surface area contributed by atoms with E-state index in [4.69, 9.17) is 9.15 Å². The first kappa shape index (κ1) is 22.8. The summed E-state index contributed by atoms with van der Waals surface area (Å²) in [4.78, 5) is 26.9. The molecule has 1 fully saturated rings. The van der Waals surface area contributed by atoms with Gasteiger partial charge in [-0.15, -0.1) is 0 Å². The predicted octanol–water partition coefficient (Wildman–Crippen LogP) is 2.82. The number of hydrogen-bond acceptors (Lipinski definition) is 5. The fourth-order valence-electron chi connectivity index (χ4n) is 3.90. The van der Waals surface area contributed by atoms with Crippen molar-refractivity contribution in [2.45, 2.75) is 33.7 Å². The number of urea groups is 1. The first-order valence-corrected chi connectivity index (χ1v) is 10.6. The Hall–Kier alpha value is -2.84. The molecule has 1 aliphatic heterocycles. The van der Waals surface area contributed by atoms with Gasteiger partial charge in [-0.1, -0.05) is 17.7 Å². The van der Waals surface area contributed by atoms with Crippen molar-refractivity contribution in [3.63, 3.8) is 0 Å². The molecular weight excluding hydrogens is 396 g/mol. The van der Waals surface area contributed by atoms with Gasteiger partial charge >= 0.3 is 6.03 Å². The molecule has 1 aromatic heterocycles. The van der Waals surface area contributed by atoms with Gasteiger partial charge < -0.3 is 25.1 Å². The Bertz CT molecular complexity index is 895. The van der Waals surface area contributed by atoms with E-state index in [1.165, 1.54) is 0 Å². The molecule has 2 aromatic rings.